The van der Waals surface area contributed by atoms with Gasteiger partial charge in [0.2, 0.25) is 0 Å². The van der Waals surface area contributed by atoms with Crippen molar-refractivity contribution in [3.8, 4) is 5.75 Å². The Morgan fingerprint density at radius 3 is 2.67 bits per heavy atom. The quantitative estimate of drug-likeness (QED) is 0.817. The lowest BCUT2D eigenvalue weighted by Crippen LogP contribution is -2.01. The fourth-order valence-corrected chi connectivity index (χ4v) is 2.37. The van der Waals surface area contributed by atoms with E-state index in [1.54, 1.807) is 7.11 Å². The fraction of sp³-hybridized carbons (Fsp3) is 0.333. The molecule has 0 unspecified atom stereocenters. The zero-order valence-electron chi connectivity index (χ0n) is 12.7. The zero-order valence-corrected chi connectivity index (χ0v) is 12.7. The molecule has 0 amide bonds. The van der Waals surface area contributed by atoms with Gasteiger partial charge in [-0.05, 0) is 54.7 Å². The number of aliphatic hydroxyl groups excluding tert-OH is 1. The Labute approximate surface area is 126 Å². The highest BCUT2D eigenvalue weighted by atomic mass is 16.5. The van der Waals surface area contributed by atoms with Crippen LogP contribution in [0, 0.1) is 6.92 Å². The van der Waals surface area contributed by atoms with Crippen molar-refractivity contribution in [3.63, 3.8) is 0 Å². The van der Waals surface area contributed by atoms with E-state index in [1.165, 1.54) is 11.1 Å². The van der Waals surface area contributed by atoms with Crippen molar-refractivity contribution in [1.29, 1.82) is 0 Å². The SMILES string of the molecule is COc1ccc(CNc2cccc(CCCO)c2)cc1C. The molecule has 112 valence electrons. The molecule has 0 aliphatic carbocycles. The summed E-state index contributed by atoms with van der Waals surface area (Å²) in [4.78, 5) is 0. The second-order valence-corrected chi connectivity index (χ2v) is 5.19. The van der Waals surface area contributed by atoms with Crippen LogP contribution in [-0.4, -0.2) is 18.8 Å². The number of aryl methyl sites for hydroxylation is 2. The number of nitrogens with one attached hydrogen (secondary N) is 1. The molecule has 3 heteroatoms. The molecule has 0 saturated heterocycles. The van der Waals surface area contributed by atoms with Crippen molar-refractivity contribution in [2.24, 2.45) is 0 Å². The van der Waals surface area contributed by atoms with Crippen molar-refractivity contribution >= 4 is 5.69 Å². The van der Waals surface area contributed by atoms with Gasteiger partial charge in [-0.3, -0.25) is 0 Å². The molecule has 0 fully saturated rings. The van der Waals surface area contributed by atoms with Gasteiger partial charge in [-0.1, -0.05) is 24.3 Å². The second kappa shape index (κ2) is 7.70. The Kier molecular flexibility index (Phi) is 5.64. The average Bonchev–Trinajstić information content (AvgIpc) is 2.51. The van der Waals surface area contributed by atoms with E-state index in [9.17, 15) is 0 Å². The van der Waals surface area contributed by atoms with Crippen LogP contribution in [-0.2, 0) is 13.0 Å². The first-order chi connectivity index (χ1) is 10.2. The Bertz CT molecular complexity index is 581. The van der Waals surface area contributed by atoms with E-state index in [0.29, 0.717) is 0 Å². The predicted molar refractivity (Wildman–Crippen MR) is 86.9 cm³/mol. The van der Waals surface area contributed by atoms with E-state index in [-0.39, 0.29) is 6.61 Å². The van der Waals surface area contributed by atoms with Gasteiger partial charge in [0.05, 0.1) is 7.11 Å². The summed E-state index contributed by atoms with van der Waals surface area (Å²) in [5.41, 5.74) is 4.74. The minimum Gasteiger partial charge on any atom is -0.496 e. The minimum absolute atomic E-state index is 0.239. The molecule has 21 heavy (non-hydrogen) atoms. The van der Waals surface area contributed by atoms with Crippen molar-refractivity contribution in [1.82, 2.24) is 0 Å². The van der Waals surface area contributed by atoms with Crippen LogP contribution in [0.25, 0.3) is 0 Å². The van der Waals surface area contributed by atoms with Gasteiger partial charge >= 0.3 is 0 Å². The summed E-state index contributed by atoms with van der Waals surface area (Å²) in [6.07, 6.45) is 1.72. The molecule has 2 rings (SSSR count). The third-order valence-corrected chi connectivity index (χ3v) is 3.51. The third kappa shape index (κ3) is 4.50. The van der Waals surface area contributed by atoms with E-state index in [1.807, 2.05) is 12.1 Å². The zero-order chi connectivity index (χ0) is 15.1. The summed E-state index contributed by atoms with van der Waals surface area (Å²) >= 11 is 0. The van der Waals surface area contributed by atoms with Gasteiger partial charge in [0.25, 0.3) is 0 Å². The molecule has 2 N–H and O–H groups in total. The number of hydrogen-bond acceptors (Lipinski definition) is 3. The van der Waals surface area contributed by atoms with Gasteiger partial charge in [0, 0.05) is 18.8 Å². The first-order valence-electron chi connectivity index (χ1n) is 7.30. The Balaban J connectivity index is 1.97. The van der Waals surface area contributed by atoms with Crippen LogP contribution in [0.1, 0.15) is 23.1 Å². The van der Waals surface area contributed by atoms with E-state index in [0.717, 1.165) is 36.4 Å². The third-order valence-electron chi connectivity index (χ3n) is 3.51. The number of hydrogen-bond donors (Lipinski definition) is 2. The van der Waals surface area contributed by atoms with Crippen molar-refractivity contribution in [2.45, 2.75) is 26.3 Å². The van der Waals surface area contributed by atoms with Gasteiger partial charge < -0.3 is 15.2 Å². The molecular formula is C18H23NO2. The highest BCUT2D eigenvalue weighted by Crippen LogP contribution is 2.19. The molecule has 0 radical (unpaired) electrons. The van der Waals surface area contributed by atoms with Crippen LogP contribution in [0.5, 0.6) is 5.75 Å². The normalized spacial score (nSPS) is 10.4. The van der Waals surface area contributed by atoms with E-state index in [4.69, 9.17) is 9.84 Å². The molecule has 0 spiro atoms. The largest absolute Gasteiger partial charge is 0.496 e. The van der Waals surface area contributed by atoms with Crippen LogP contribution in [0.3, 0.4) is 0 Å². The van der Waals surface area contributed by atoms with Gasteiger partial charge in [0.1, 0.15) is 5.75 Å². The number of benzene rings is 2. The molecule has 3 nitrogen and oxygen atoms in total. The Morgan fingerprint density at radius 1 is 1.10 bits per heavy atom. The maximum Gasteiger partial charge on any atom is 0.121 e. The van der Waals surface area contributed by atoms with Crippen LogP contribution < -0.4 is 10.1 Å². The summed E-state index contributed by atoms with van der Waals surface area (Å²) in [5.74, 6) is 0.921. The van der Waals surface area contributed by atoms with Gasteiger partial charge in [-0.15, -0.1) is 0 Å². The fourth-order valence-electron chi connectivity index (χ4n) is 2.37. The maximum atomic E-state index is 8.89. The number of ether oxygens (including phenoxy) is 1. The lowest BCUT2D eigenvalue weighted by atomic mass is 10.1. The maximum absolute atomic E-state index is 8.89. The Morgan fingerprint density at radius 2 is 1.95 bits per heavy atom. The summed E-state index contributed by atoms with van der Waals surface area (Å²) < 4.78 is 5.28. The van der Waals surface area contributed by atoms with Gasteiger partial charge in [-0.25, -0.2) is 0 Å². The first-order valence-corrected chi connectivity index (χ1v) is 7.30. The second-order valence-electron chi connectivity index (χ2n) is 5.19. The summed E-state index contributed by atoms with van der Waals surface area (Å²) in [7, 11) is 1.69. The molecule has 2 aromatic rings. The van der Waals surface area contributed by atoms with Crippen LogP contribution >= 0.6 is 0 Å². The van der Waals surface area contributed by atoms with Gasteiger partial charge in [-0.2, -0.15) is 0 Å². The molecule has 0 aliphatic rings. The molecular weight excluding hydrogens is 262 g/mol. The Hall–Kier alpha value is -2.00. The van der Waals surface area contributed by atoms with Crippen molar-refractivity contribution < 1.29 is 9.84 Å². The van der Waals surface area contributed by atoms with Crippen molar-refractivity contribution in [3.05, 3.63) is 59.2 Å². The number of rotatable bonds is 7. The summed E-state index contributed by atoms with van der Waals surface area (Å²) in [6, 6.07) is 14.6. The predicted octanol–water partition coefficient (Wildman–Crippen LogP) is 3.54. The molecule has 0 atom stereocenters. The average molecular weight is 285 g/mol. The molecule has 0 bridgehead atoms. The summed E-state index contributed by atoms with van der Waals surface area (Å²) in [6.45, 7) is 3.08. The van der Waals surface area contributed by atoms with Gasteiger partial charge in [0.15, 0.2) is 0 Å². The lowest BCUT2D eigenvalue weighted by molar-refractivity contribution is 0.288. The van der Waals surface area contributed by atoms with E-state index >= 15 is 0 Å². The number of aliphatic hydroxyl groups is 1. The van der Waals surface area contributed by atoms with E-state index in [2.05, 4.69) is 42.6 Å². The first kappa shape index (κ1) is 15.4. The van der Waals surface area contributed by atoms with E-state index < -0.39 is 0 Å². The van der Waals surface area contributed by atoms with Crippen molar-refractivity contribution in [2.75, 3.05) is 19.0 Å². The molecule has 0 aromatic heterocycles. The molecule has 0 heterocycles. The highest BCUT2D eigenvalue weighted by molar-refractivity contribution is 5.47. The standard InChI is InChI=1S/C18H23NO2/c1-14-11-16(8-9-18(14)21-2)13-19-17-7-3-5-15(12-17)6-4-10-20/h3,5,7-9,11-12,19-20H,4,6,10,13H2,1-2H3. The smallest absolute Gasteiger partial charge is 0.121 e. The number of anilines is 1. The van der Waals surface area contributed by atoms with Crippen LogP contribution in [0.4, 0.5) is 5.69 Å². The number of methoxy groups -OCH3 is 1. The monoisotopic (exact) mass is 285 g/mol. The highest BCUT2D eigenvalue weighted by Gasteiger charge is 2.01. The van der Waals surface area contributed by atoms with Crippen LogP contribution in [0.2, 0.25) is 0 Å². The molecule has 2 aromatic carbocycles. The lowest BCUT2D eigenvalue weighted by Gasteiger charge is -2.10. The molecule has 0 aliphatic heterocycles. The molecule has 0 saturated carbocycles. The topological polar surface area (TPSA) is 41.5 Å². The van der Waals surface area contributed by atoms with Crippen LogP contribution in [0.15, 0.2) is 42.5 Å². The minimum atomic E-state index is 0.239. The summed E-state index contributed by atoms with van der Waals surface area (Å²) in [5, 5.41) is 12.3.